The van der Waals surface area contributed by atoms with E-state index in [1.165, 1.54) is 12.1 Å². The van der Waals surface area contributed by atoms with Crippen molar-refractivity contribution in [2.75, 3.05) is 11.4 Å². The van der Waals surface area contributed by atoms with Crippen molar-refractivity contribution in [1.29, 1.82) is 0 Å². The third kappa shape index (κ3) is 4.16. The zero-order valence-corrected chi connectivity index (χ0v) is 15.4. The molecule has 0 radical (unpaired) electrons. The van der Waals surface area contributed by atoms with E-state index in [1.54, 1.807) is 17.0 Å². The molecule has 2 aromatic rings. The number of carboxylic acids is 1. The topological polar surface area (TPSA) is 86.7 Å². The molecule has 3 rings (SSSR count). The Morgan fingerprint density at radius 2 is 1.74 bits per heavy atom. The highest BCUT2D eigenvalue weighted by Crippen LogP contribution is 2.27. The molecule has 1 saturated heterocycles. The van der Waals surface area contributed by atoms with Gasteiger partial charge >= 0.3 is 5.97 Å². The number of hydrogen-bond acceptors (Lipinski definition) is 3. The molecule has 2 N–H and O–H groups in total. The molecular formula is C21H22N2O4. The predicted octanol–water partition coefficient (Wildman–Crippen LogP) is 2.67. The van der Waals surface area contributed by atoms with Crippen molar-refractivity contribution in [2.45, 2.75) is 26.8 Å². The van der Waals surface area contributed by atoms with Gasteiger partial charge in [-0.25, -0.2) is 4.79 Å². The van der Waals surface area contributed by atoms with Gasteiger partial charge in [-0.15, -0.1) is 0 Å². The SMILES string of the molecule is Cc1cc(C)cc(N2CCC(C(=O)NCc3ccc(C(=O)O)cc3)C2=O)c1. The lowest BCUT2D eigenvalue weighted by molar-refractivity contribution is -0.132. The van der Waals surface area contributed by atoms with Crippen LogP contribution in [-0.2, 0) is 16.1 Å². The molecule has 0 aliphatic carbocycles. The number of hydrogen-bond donors (Lipinski definition) is 2. The zero-order chi connectivity index (χ0) is 19.6. The van der Waals surface area contributed by atoms with Crippen LogP contribution < -0.4 is 10.2 Å². The summed E-state index contributed by atoms with van der Waals surface area (Å²) < 4.78 is 0. The van der Waals surface area contributed by atoms with E-state index in [1.807, 2.05) is 32.0 Å². The average Bonchev–Trinajstić information content (AvgIpc) is 3.00. The van der Waals surface area contributed by atoms with E-state index in [-0.39, 0.29) is 23.9 Å². The monoisotopic (exact) mass is 366 g/mol. The van der Waals surface area contributed by atoms with Crippen LogP contribution >= 0.6 is 0 Å². The number of amides is 2. The summed E-state index contributed by atoms with van der Waals surface area (Å²) >= 11 is 0. The number of carboxylic acid groups (broad SMARTS) is 1. The zero-order valence-electron chi connectivity index (χ0n) is 15.4. The summed E-state index contributed by atoms with van der Waals surface area (Å²) in [6.07, 6.45) is 0.482. The standard InChI is InChI=1S/C21H22N2O4/c1-13-9-14(2)11-17(10-13)23-8-7-18(20(23)25)19(24)22-12-15-3-5-16(6-4-15)21(26)27/h3-6,9-11,18H,7-8,12H2,1-2H3,(H,22,24)(H,26,27). The Hall–Kier alpha value is -3.15. The summed E-state index contributed by atoms with van der Waals surface area (Å²) in [6, 6.07) is 12.2. The van der Waals surface area contributed by atoms with Crippen LogP contribution in [0.15, 0.2) is 42.5 Å². The first-order valence-corrected chi connectivity index (χ1v) is 8.85. The van der Waals surface area contributed by atoms with Crippen molar-refractivity contribution in [1.82, 2.24) is 5.32 Å². The van der Waals surface area contributed by atoms with Crippen molar-refractivity contribution < 1.29 is 19.5 Å². The molecule has 1 aliphatic heterocycles. The second-order valence-corrected chi connectivity index (χ2v) is 6.90. The van der Waals surface area contributed by atoms with Crippen LogP contribution in [0.25, 0.3) is 0 Å². The number of benzene rings is 2. The average molecular weight is 366 g/mol. The lowest BCUT2D eigenvalue weighted by atomic mass is 10.1. The van der Waals surface area contributed by atoms with E-state index in [2.05, 4.69) is 5.32 Å². The Labute approximate surface area is 157 Å². The second kappa shape index (κ2) is 7.61. The Morgan fingerprint density at radius 3 is 2.33 bits per heavy atom. The highest BCUT2D eigenvalue weighted by atomic mass is 16.4. The van der Waals surface area contributed by atoms with Gasteiger partial charge in [-0.2, -0.15) is 0 Å². The van der Waals surface area contributed by atoms with Crippen LogP contribution in [0.3, 0.4) is 0 Å². The highest BCUT2D eigenvalue weighted by molar-refractivity contribution is 6.09. The van der Waals surface area contributed by atoms with E-state index in [9.17, 15) is 14.4 Å². The normalized spacial score (nSPS) is 16.4. The smallest absolute Gasteiger partial charge is 0.335 e. The minimum absolute atomic E-state index is 0.182. The van der Waals surface area contributed by atoms with Gasteiger partial charge in [0.1, 0.15) is 5.92 Å². The number of aromatic carboxylic acids is 1. The second-order valence-electron chi connectivity index (χ2n) is 6.90. The van der Waals surface area contributed by atoms with Crippen molar-refractivity contribution >= 4 is 23.5 Å². The highest BCUT2D eigenvalue weighted by Gasteiger charge is 2.37. The van der Waals surface area contributed by atoms with Crippen LogP contribution in [0, 0.1) is 19.8 Å². The number of rotatable bonds is 5. The number of anilines is 1. The van der Waals surface area contributed by atoms with E-state index in [0.717, 1.165) is 22.4 Å². The lowest BCUT2D eigenvalue weighted by Crippen LogP contribution is -2.36. The fourth-order valence-electron chi connectivity index (χ4n) is 3.36. The van der Waals surface area contributed by atoms with Gasteiger partial charge < -0.3 is 15.3 Å². The van der Waals surface area contributed by atoms with Crippen LogP contribution in [0.5, 0.6) is 0 Å². The number of nitrogens with zero attached hydrogens (tertiary/aromatic N) is 1. The molecule has 2 aromatic carbocycles. The van der Waals surface area contributed by atoms with Gasteiger partial charge in [0.2, 0.25) is 11.8 Å². The number of aryl methyl sites for hydroxylation is 2. The molecule has 140 valence electrons. The summed E-state index contributed by atoms with van der Waals surface area (Å²) in [4.78, 5) is 37.7. The maximum absolute atomic E-state index is 12.7. The minimum Gasteiger partial charge on any atom is -0.478 e. The van der Waals surface area contributed by atoms with Gasteiger partial charge in [0.25, 0.3) is 0 Å². The maximum atomic E-state index is 12.7. The fourth-order valence-corrected chi connectivity index (χ4v) is 3.36. The molecule has 6 heteroatoms. The molecule has 0 saturated carbocycles. The molecule has 1 fully saturated rings. The molecule has 0 aromatic heterocycles. The van der Waals surface area contributed by atoms with Gasteiger partial charge in [-0.3, -0.25) is 9.59 Å². The van der Waals surface area contributed by atoms with Crippen LogP contribution in [0.2, 0.25) is 0 Å². The summed E-state index contributed by atoms with van der Waals surface area (Å²) in [7, 11) is 0. The number of carbonyl (C=O) groups is 3. The molecule has 6 nitrogen and oxygen atoms in total. The van der Waals surface area contributed by atoms with Crippen LogP contribution in [0.4, 0.5) is 5.69 Å². The first-order chi connectivity index (χ1) is 12.8. The molecule has 2 amide bonds. The Kier molecular flexibility index (Phi) is 5.26. The predicted molar refractivity (Wildman–Crippen MR) is 102 cm³/mol. The van der Waals surface area contributed by atoms with Crippen molar-refractivity contribution in [2.24, 2.45) is 5.92 Å². The Morgan fingerprint density at radius 1 is 1.11 bits per heavy atom. The summed E-state index contributed by atoms with van der Waals surface area (Å²) in [5.41, 5.74) is 3.97. The van der Waals surface area contributed by atoms with E-state index in [4.69, 9.17) is 5.11 Å². The molecule has 1 heterocycles. The number of nitrogens with one attached hydrogen (secondary N) is 1. The third-order valence-electron chi connectivity index (χ3n) is 4.71. The fraction of sp³-hybridized carbons (Fsp3) is 0.286. The maximum Gasteiger partial charge on any atom is 0.335 e. The summed E-state index contributed by atoms with van der Waals surface area (Å²) in [6.45, 7) is 4.74. The van der Waals surface area contributed by atoms with Gasteiger partial charge in [-0.05, 0) is 61.2 Å². The summed E-state index contributed by atoms with van der Waals surface area (Å²) in [5.74, 6) is -2.16. The largest absolute Gasteiger partial charge is 0.478 e. The molecular weight excluding hydrogens is 344 g/mol. The first kappa shape index (κ1) is 18.6. The number of carbonyl (C=O) groups excluding carboxylic acids is 2. The molecule has 0 spiro atoms. The van der Waals surface area contributed by atoms with Crippen LogP contribution in [0.1, 0.15) is 33.5 Å². The van der Waals surface area contributed by atoms with E-state index >= 15 is 0 Å². The van der Waals surface area contributed by atoms with Crippen LogP contribution in [-0.4, -0.2) is 29.4 Å². The Balaban J connectivity index is 1.62. The first-order valence-electron chi connectivity index (χ1n) is 8.85. The van der Waals surface area contributed by atoms with Gasteiger partial charge in [-0.1, -0.05) is 18.2 Å². The van der Waals surface area contributed by atoms with E-state index < -0.39 is 11.9 Å². The quantitative estimate of drug-likeness (QED) is 0.797. The van der Waals surface area contributed by atoms with Crippen molar-refractivity contribution in [3.05, 3.63) is 64.7 Å². The van der Waals surface area contributed by atoms with Gasteiger partial charge in [0.05, 0.1) is 5.56 Å². The third-order valence-corrected chi connectivity index (χ3v) is 4.71. The van der Waals surface area contributed by atoms with E-state index in [0.29, 0.717) is 13.0 Å². The molecule has 1 atom stereocenters. The summed E-state index contributed by atoms with van der Waals surface area (Å²) in [5, 5.41) is 11.7. The van der Waals surface area contributed by atoms with Crippen molar-refractivity contribution in [3.8, 4) is 0 Å². The van der Waals surface area contributed by atoms with Crippen molar-refractivity contribution in [3.63, 3.8) is 0 Å². The lowest BCUT2D eigenvalue weighted by Gasteiger charge is -2.18. The molecule has 27 heavy (non-hydrogen) atoms. The van der Waals surface area contributed by atoms with Gasteiger partial charge in [0.15, 0.2) is 0 Å². The minimum atomic E-state index is -0.992. The Bertz CT molecular complexity index is 869. The van der Waals surface area contributed by atoms with Gasteiger partial charge in [0, 0.05) is 18.8 Å². The molecule has 0 bridgehead atoms. The molecule has 1 aliphatic rings. The molecule has 1 unspecified atom stereocenters.